The van der Waals surface area contributed by atoms with Crippen LogP contribution in [0, 0.1) is 0 Å². The average Bonchev–Trinajstić information content (AvgIpc) is 3.59. The van der Waals surface area contributed by atoms with Crippen LogP contribution in [-0.4, -0.2) is 47.0 Å². The number of thiophene rings is 1. The molecule has 2 amide bonds. The number of hydrogen-bond donors (Lipinski definition) is 1. The molecule has 0 fully saturated rings. The smallest absolute Gasteiger partial charge is 0.240 e. The summed E-state index contributed by atoms with van der Waals surface area (Å²) >= 11 is 9.42. The molecule has 0 aliphatic carbocycles. The van der Waals surface area contributed by atoms with E-state index in [1.54, 1.807) is 39.8 Å². The Hall–Kier alpha value is -3.27. The summed E-state index contributed by atoms with van der Waals surface area (Å²) in [4.78, 5) is 29.5. The highest BCUT2D eigenvalue weighted by molar-refractivity contribution is 8.00. The van der Waals surface area contributed by atoms with E-state index in [9.17, 15) is 9.59 Å². The van der Waals surface area contributed by atoms with Gasteiger partial charge in [-0.1, -0.05) is 36.7 Å². The first kappa shape index (κ1) is 27.3. The van der Waals surface area contributed by atoms with Gasteiger partial charge in [-0.15, -0.1) is 23.1 Å². The monoisotopic (exact) mass is 580 g/mol. The molecule has 0 radical (unpaired) electrons. The van der Waals surface area contributed by atoms with E-state index in [4.69, 9.17) is 21.4 Å². The topological polar surface area (TPSA) is 76.5 Å². The first-order valence-electron chi connectivity index (χ1n) is 12.7. The molecule has 2 atom stereocenters. The molecule has 1 N–H and O–H groups in total. The molecular weight excluding hydrogens is 552 g/mol. The first-order chi connectivity index (χ1) is 18.9. The zero-order valence-electron chi connectivity index (χ0n) is 21.9. The molecule has 202 valence electrons. The van der Waals surface area contributed by atoms with Crippen LogP contribution in [0.5, 0.6) is 5.75 Å². The lowest BCUT2D eigenvalue weighted by molar-refractivity contribution is -0.123. The number of methoxy groups -OCH3 is 1. The Balaban J connectivity index is 1.75. The molecule has 0 saturated heterocycles. The molecule has 2 aromatic heterocycles. The average molecular weight is 581 g/mol. The van der Waals surface area contributed by atoms with Gasteiger partial charge in [0.05, 0.1) is 29.5 Å². The molecule has 0 bridgehead atoms. The second-order valence-corrected chi connectivity index (χ2v) is 11.8. The number of anilines is 1. The van der Waals surface area contributed by atoms with Gasteiger partial charge < -0.3 is 10.1 Å². The van der Waals surface area contributed by atoms with Gasteiger partial charge in [0.15, 0.2) is 0 Å². The fourth-order valence-electron chi connectivity index (χ4n) is 4.47. The van der Waals surface area contributed by atoms with Crippen molar-refractivity contribution in [2.45, 2.75) is 31.6 Å². The minimum Gasteiger partial charge on any atom is -0.497 e. The molecule has 3 heterocycles. The molecule has 39 heavy (non-hydrogen) atoms. The Kier molecular flexibility index (Phi) is 8.30. The zero-order chi connectivity index (χ0) is 27.5. The number of rotatable bonds is 8. The van der Waals surface area contributed by atoms with E-state index in [0.29, 0.717) is 16.6 Å². The maximum Gasteiger partial charge on any atom is 0.240 e. The molecule has 7 nitrogen and oxygen atoms in total. The molecule has 1 aliphatic rings. The number of nitrogens with zero attached hydrogens (tertiary/aromatic N) is 3. The standard InChI is InChI=1S/C29H29ClN4O3S2/c1-4-18(2)31-24(35)16-33-25(36)17-39-28(23-6-5-15-38-23)26-27(19-7-9-20(30)10-8-19)32-34(29(26)33)21-11-13-22(37-3)14-12-21/h5-15,18,28H,4,16-17H2,1-3H3,(H,31,35)/t18-,28-/m1/s1. The van der Waals surface area contributed by atoms with Gasteiger partial charge in [0.2, 0.25) is 11.8 Å². The Labute approximate surface area is 241 Å². The SMILES string of the molecule is CC[C@@H](C)NC(=O)CN1C(=O)CS[C@H](c2cccs2)c2c(-c3ccc(Cl)cc3)nn(-c3ccc(OC)cc3)c21. The Morgan fingerprint density at radius 2 is 1.92 bits per heavy atom. The molecule has 4 aromatic rings. The van der Waals surface area contributed by atoms with Gasteiger partial charge in [0.1, 0.15) is 18.1 Å². The van der Waals surface area contributed by atoms with E-state index < -0.39 is 0 Å². The lowest BCUT2D eigenvalue weighted by atomic mass is 10.0. The number of fused-ring (bicyclic) bond motifs is 1. The Morgan fingerprint density at radius 3 is 2.56 bits per heavy atom. The van der Waals surface area contributed by atoms with E-state index >= 15 is 0 Å². The number of thioether (sulfide) groups is 1. The van der Waals surface area contributed by atoms with Crippen LogP contribution < -0.4 is 15.0 Å². The van der Waals surface area contributed by atoms with Gasteiger partial charge in [-0.3, -0.25) is 14.5 Å². The highest BCUT2D eigenvalue weighted by atomic mass is 35.5. The molecule has 1 aliphatic heterocycles. The van der Waals surface area contributed by atoms with Crippen LogP contribution in [0.25, 0.3) is 16.9 Å². The van der Waals surface area contributed by atoms with Gasteiger partial charge in [0, 0.05) is 27.1 Å². The molecule has 10 heteroatoms. The summed E-state index contributed by atoms with van der Waals surface area (Å²) in [5.41, 5.74) is 3.26. The van der Waals surface area contributed by atoms with E-state index in [1.807, 2.05) is 73.8 Å². The van der Waals surface area contributed by atoms with Crippen LogP contribution in [0.4, 0.5) is 5.82 Å². The number of ether oxygens (including phenoxy) is 1. The second kappa shape index (κ2) is 11.9. The van der Waals surface area contributed by atoms with E-state index in [-0.39, 0.29) is 35.4 Å². The number of halogens is 1. The van der Waals surface area contributed by atoms with Crippen LogP contribution in [0.1, 0.15) is 36.0 Å². The van der Waals surface area contributed by atoms with E-state index in [1.165, 1.54) is 0 Å². The maximum absolute atomic E-state index is 13.7. The summed E-state index contributed by atoms with van der Waals surface area (Å²) in [6.07, 6.45) is 0.797. The lowest BCUT2D eigenvalue weighted by Gasteiger charge is -2.24. The van der Waals surface area contributed by atoms with Crippen molar-refractivity contribution >= 4 is 52.3 Å². The quantitative estimate of drug-likeness (QED) is 0.263. The van der Waals surface area contributed by atoms with E-state index in [0.717, 1.165) is 33.8 Å². The largest absolute Gasteiger partial charge is 0.497 e. The maximum atomic E-state index is 13.7. The van der Waals surface area contributed by atoms with Crippen LogP contribution in [-0.2, 0) is 9.59 Å². The number of carbonyl (C=O) groups is 2. The normalized spacial score (nSPS) is 15.9. The lowest BCUT2D eigenvalue weighted by Crippen LogP contribution is -2.44. The summed E-state index contributed by atoms with van der Waals surface area (Å²) in [6, 6.07) is 19.2. The predicted molar refractivity (Wildman–Crippen MR) is 159 cm³/mol. The Bertz CT molecular complexity index is 1450. The third-order valence-electron chi connectivity index (χ3n) is 6.65. The van der Waals surface area contributed by atoms with Gasteiger partial charge in [-0.2, -0.15) is 5.10 Å². The molecular formula is C29H29ClN4O3S2. The number of carbonyl (C=O) groups excluding carboxylic acids is 2. The van der Waals surface area contributed by atoms with Crippen molar-refractivity contribution in [1.29, 1.82) is 0 Å². The molecule has 5 rings (SSSR count). The molecule has 0 unspecified atom stereocenters. The number of nitrogens with one attached hydrogen (secondary N) is 1. The summed E-state index contributed by atoms with van der Waals surface area (Å²) in [6.45, 7) is 3.87. The van der Waals surface area contributed by atoms with Crippen molar-refractivity contribution < 1.29 is 14.3 Å². The number of amides is 2. The van der Waals surface area contributed by atoms with Crippen molar-refractivity contribution in [3.05, 3.63) is 81.5 Å². The number of aromatic nitrogens is 2. The highest BCUT2D eigenvalue weighted by Crippen LogP contribution is 2.49. The van der Waals surface area contributed by atoms with E-state index in [2.05, 4.69) is 11.4 Å². The minimum atomic E-state index is -0.209. The molecule has 0 spiro atoms. The fraction of sp³-hybridized carbons (Fsp3) is 0.276. The van der Waals surface area contributed by atoms with Gasteiger partial charge in [0.25, 0.3) is 0 Å². The third-order valence-corrected chi connectivity index (χ3v) is 9.22. The summed E-state index contributed by atoms with van der Waals surface area (Å²) in [5, 5.41) is 10.6. The van der Waals surface area contributed by atoms with Crippen LogP contribution >= 0.6 is 34.7 Å². The fourth-order valence-corrected chi connectivity index (χ4v) is 6.78. The van der Waals surface area contributed by atoms with Crippen LogP contribution in [0.2, 0.25) is 5.02 Å². The first-order valence-corrected chi connectivity index (χ1v) is 15.0. The van der Waals surface area contributed by atoms with Crippen LogP contribution in [0.3, 0.4) is 0 Å². The van der Waals surface area contributed by atoms with Crippen molar-refractivity contribution in [2.75, 3.05) is 24.3 Å². The highest BCUT2D eigenvalue weighted by Gasteiger charge is 2.38. The summed E-state index contributed by atoms with van der Waals surface area (Å²) in [5.74, 6) is 1.19. The third kappa shape index (κ3) is 5.71. The van der Waals surface area contributed by atoms with Crippen molar-refractivity contribution in [2.24, 2.45) is 0 Å². The van der Waals surface area contributed by atoms with Crippen LogP contribution in [0.15, 0.2) is 66.0 Å². The van der Waals surface area contributed by atoms with Crippen molar-refractivity contribution in [3.8, 4) is 22.7 Å². The summed E-state index contributed by atoms with van der Waals surface area (Å²) < 4.78 is 7.14. The molecule has 2 aromatic carbocycles. The minimum absolute atomic E-state index is 0.00317. The van der Waals surface area contributed by atoms with Gasteiger partial charge in [-0.25, -0.2) is 4.68 Å². The Morgan fingerprint density at radius 1 is 1.18 bits per heavy atom. The van der Waals surface area contributed by atoms with Crippen molar-refractivity contribution in [1.82, 2.24) is 15.1 Å². The number of benzene rings is 2. The molecule has 0 saturated carbocycles. The second-order valence-electron chi connectivity index (χ2n) is 9.27. The predicted octanol–water partition coefficient (Wildman–Crippen LogP) is 6.35. The van der Waals surface area contributed by atoms with Gasteiger partial charge in [-0.05, 0) is 61.2 Å². The van der Waals surface area contributed by atoms with Gasteiger partial charge >= 0.3 is 0 Å². The number of hydrogen-bond acceptors (Lipinski definition) is 6. The zero-order valence-corrected chi connectivity index (χ0v) is 24.3. The van der Waals surface area contributed by atoms with Crippen molar-refractivity contribution in [3.63, 3.8) is 0 Å². The summed E-state index contributed by atoms with van der Waals surface area (Å²) in [7, 11) is 1.62.